The van der Waals surface area contributed by atoms with Crippen LogP contribution in [0.4, 0.5) is 0 Å². The van der Waals surface area contributed by atoms with Gasteiger partial charge in [-0.2, -0.15) is 0 Å². The number of carbonyl (C=O) groups excluding carboxylic acids is 1. The Balaban J connectivity index is 2.96. The van der Waals surface area contributed by atoms with Gasteiger partial charge in [0, 0.05) is 6.92 Å². The molecule has 0 atom stereocenters. The van der Waals surface area contributed by atoms with Gasteiger partial charge in [0.25, 0.3) is 0 Å². The lowest BCUT2D eigenvalue weighted by Crippen LogP contribution is -2.12. The molecule has 0 bridgehead atoms. The summed E-state index contributed by atoms with van der Waals surface area (Å²) in [6.07, 6.45) is 7.34. The Labute approximate surface area is 93.8 Å². The fourth-order valence-corrected chi connectivity index (χ4v) is 1.45. The molecule has 0 spiro atoms. The van der Waals surface area contributed by atoms with Gasteiger partial charge in [0.1, 0.15) is 0 Å². The minimum Gasteiger partial charge on any atom is -0.466 e. The Morgan fingerprint density at radius 3 is 2.07 bits per heavy atom. The maximum atomic E-state index is 10.5. The van der Waals surface area contributed by atoms with E-state index in [-0.39, 0.29) is 5.97 Å². The van der Waals surface area contributed by atoms with Crippen LogP contribution in [-0.4, -0.2) is 38.1 Å². The van der Waals surface area contributed by atoms with Gasteiger partial charge in [0.15, 0.2) is 0 Å². The maximum absolute atomic E-state index is 10.5. The Morgan fingerprint density at radius 2 is 1.53 bits per heavy atom. The molecule has 0 aliphatic heterocycles. The molecule has 0 aromatic carbocycles. The first kappa shape index (κ1) is 14.4. The van der Waals surface area contributed by atoms with Crippen molar-refractivity contribution in [2.24, 2.45) is 0 Å². The molecule has 0 aromatic rings. The molecule has 0 unspecified atom stereocenters. The summed E-state index contributed by atoms with van der Waals surface area (Å²) in [5.41, 5.74) is 0. The number of rotatable bonds is 9. The second kappa shape index (κ2) is 9.97. The van der Waals surface area contributed by atoms with E-state index in [0.29, 0.717) is 6.61 Å². The molecule has 0 fully saturated rings. The molecule has 0 amide bonds. The standard InChI is InChI=1S/C12H25NO2/c1-12(14)15-11-9-7-5-4-6-8-10-13(2)3/h4-11H2,1-3H3. The highest BCUT2D eigenvalue weighted by molar-refractivity contribution is 5.65. The Morgan fingerprint density at radius 1 is 1.00 bits per heavy atom. The number of unbranched alkanes of at least 4 members (excludes halogenated alkanes) is 5. The fraction of sp³-hybridized carbons (Fsp3) is 0.917. The SMILES string of the molecule is CC(=O)OCCCCCCCCN(C)C. The first-order chi connectivity index (χ1) is 7.13. The third kappa shape index (κ3) is 13.4. The zero-order chi connectivity index (χ0) is 11.5. The van der Waals surface area contributed by atoms with E-state index in [4.69, 9.17) is 4.74 Å². The van der Waals surface area contributed by atoms with E-state index in [1.807, 2.05) is 0 Å². The number of carbonyl (C=O) groups is 1. The lowest BCUT2D eigenvalue weighted by atomic mass is 10.1. The van der Waals surface area contributed by atoms with Crippen LogP contribution >= 0.6 is 0 Å². The van der Waals surface area contributed by atoms with Gasteiger partial charge >= 0.3 is 5.97 Å². The average Bonchev–Trinajstić information content (AvgIpc) is 2.14. The Hall–Kier alpha value is -0.570. The van der Waals surface area contributed by atoms with Gasteiger partial charge in [-0.25, -0.2) is 0 Å². The number of ether oxygens (including phenoxy) is 1. The predicted octanol–water partition coefficient (Wildman–Crippen LogP) is 2.45. The molecular weight excluding hydrogens is 190 g/mol. The number of hydrogen-bond donors (Lipinski definition) is 0. The van der Waals surface area contributed by atoms with Crippen LogP contribution in [0.3, 0.4) is 0 Å². The molecule has 0 N–H and O–H groups in total. The number of hydrogen-bond acceptors (Lipinski definition) is 3. The van der Waals surface area contributed by atoms with Gasteiger partial charge in [-0.1, -0.05) is 25.7 Å². The number of nitrogens with zero attached hydrogens (tertiary/aromatic N) is 1. The lowest BCUT2D eigenvalue weighted by molar-refractivity contribution is -0.141. The molecule has 3 nitrogen and oxygen atoms in total. The third-order valence-corrected chi connectivity index (χ3v) is 2.30. The largest absolute Gasteiger partial charge is 0.466 e. The lowest BCUT2D eigenvalue weighted by Gasteiger charge is -2.08. The topological polar surface area (TPSA) is 29.5 Å². The van der Waals surface area contributed by atoms with Crippen LogP contribution in [0, 0.1) is 0 Å². The van der Waals surface area contributed by atoms with E-state index in [1.54, 1.807) is 0 Å². The quantitative estimate of drug-likeness (QED) is 0.437. The first-order valence-electron chi connectivity index (χ1n) is 5.91. The molecule has 0 saturated heterocycles. The van der Waals surface area contributed by atoms with Crippen LogP contribution in [0.5, 0.6) is 0 Å². The van der Waals surface area contributed by atoms with E-state index in [0.717, 1.165) is 6.42 Å². The summed E-state index contributed by atoms with van der Waals surface area (Å²) in [5, 5.41) is 0. The summed E-state index contributed by atoms with van der Waals surface area (Å²) >= 11 is 0. The van der Waals surface area contributed by atoms with Crippen molar-refractivity contribution < 1.29 is 9.53 Å². The van der Waals surface area contributed by atoms with E-state index in [1.165, 1.54) is 45.6 Å². The monoisotopic (exact) mass is 215 g/mol. The zero-order valence-corrected chi connectivity index (χ0v) is 10.4. The van der Waals surface area contributed by atoms with E-state index >= 15 is 0 Å². The maximum Gasteiger partial charge on any atom is 0.302 e. The highest BCUT2D eigenvalue weighted by Crippen LogP contribution is 2.05. The van der Waals surface area contributed by atoms with Crippen molar-refractivity contribution in [2.45, 2.75) is 45.4 Å². The minimum atomic E-state index is -0.166. The molecule has 90 valence electrons. The van der Waals surface area contributed by atoms with Crippen LogP contribution in [0.2, 0.25) is 0 Å². The fourth-order valence-electron chi connectivity index (χ4n) is 1.45. The summed E-state index contributed by atoms with van der Waals surface area (Å²) in [6.45, 7) is 3.24. The third-order valence-electron chi connectivity index (χ3n) is 2.30. The molecule has 15 heavy (non-hydrogen) atoms. The molecule has 0 aliphatic carbocycles. The highest BCUT2D eigenvalue weighted by Gasteiger charge is 1.94. The van der Waals surface area contributed by atoms with Crippen LogP contribution in [-0.2, 0) is 9.53 Å². The molecule has 3 heteroatoms. The van der Waals surface area contributed by atoms with Crippen molar-refractivity contribution in [2.75, 3.05) is 27.2 Å². The zero-order valence-electron chi connectivity index (χ0n) is 10.4. The van der Waals surface area contributed by atoms with Crippen molar-refractivity contribution >= 4 is 5.97 Å². The molecule has 0 radical (unpaired) electrons. The summed E-state index contributed by atoms with van der Waals surface area (Å²) in [7, 11) is 4.22. The van der Waals surface area contributed by atoms with Gasteiger partial charge in [-0.15, -0.1) is 0 Å². The normalized spacial score (nSPS) is 10.7. The summed E-state index contributed by atoms with van der Waals surface area (Å²) in [4.78, 5) is 12.7. The van der Waals surface area contributed by atoms with E-state index in [2.05, 4.69) is 19.0 Å². The van der Waals surface area contributed by atoms with Crippen molar-refractivity contribution in [1.82, 2.24) is 4.90 Å². The molecular formula is C12H25NO2. The average molecular weight is 215 g/mol. The van der Waals surface area contributed by atoms with Gasteiger partial charge < -0.3 is 9.64 Å². The van der Waals surface area contributed by atoms with Gasteiger partial charge in [0.05, 0.1) is 6.61 Å². The summed E-state index contributed by atoms with van der Waals surface area (Å²) in [6, 6.07) is 0. The van der Waals surface area contributed by atoms with Crippen molar-refractivity contribution in [3.63, 3.8) is 0 Å². The highest BCUT2D eigenvalue weighted by atomic mass is 16.5. The number of esters is 1. The van der Waals surface area contributed by atoms with Crippen molar-refractivity contribution in [3.05, 3.63) is 0 Å². The molecule has 0 heterocycles. The molecule has 0 rings (SSSR count). The van der Waals surface area contributed by atoms with Crippen LogP contribution in [0.25, 0.3) is 0 Å². The van der Waals surface area contributed by atoms with Crippen LogP contribution < -0.4 is 0 Å². The second-order valence-corrected chi connectivity index (χ2v) is 4.26. The van der Waals surface area contributed by atoms with Crippen molar-refractivity contribution in [3.8, 4) is 0 Å². The van der Waals surface area contributed by atoms with Gasteiger partial charge in [-0.3, -0.25) is 4.79 Å². The van der Waals surface area contributed by atoms with Crippen LogP contribution in [0.15, 0.2) is 0 Å². The molecule has 0 aliphatic rings. The van der Waals surface area contributed by atoms with E-state index < -0.39 is 0 Å². The first-order valence-corrected chi connectivity index (χ1v) is 5.91. The van der Waals surface area contributed by atoms with Crippen molar-refractivity contribution in [1.29, 1.82) is 0 Å². The summed E-state index contributed by atoms with van der Waals surface area (Å²) in [5.74, 6) is -0.166. The second-order valence-electron chi connectivity index (χ2n) is 4.26. The van der Waals surface area contributed by atoms with Gasteiger partial charge in [0.2, 0.25) is 0 Å². The Bertz CT molecular complexity index is 158. The molecule has 0 saturated carbocycles. The summed E-state index contributed by atoms with van der Waals surface area (Å²) < 4.78 is 4.86. The smallest absolute Gasteiger partial charge is 0.302 e. The van der Waals surface area contributed by atoms with Gasteiger partial charge in [-0.05, 0) is 33.5 Å². The Kier molecular flexibility index (Phi) is 9.59. The predicted molar refractivity (Wildman–Crippen MR) is 62.9 cm³/mol. The van der Waals surface area contributed by atoms with E-state index in [9.17, 15) is 4.79 Å². The minimum absolute atomic E-state index is 0.166. The van der Waals surface area contributed by atoms with Crippen LogP contribution in [0.1, 0.15) is 45.4 Å². The molecule has 0 aromatic heterocycles.